The van der Waals surface area contributed by atoms with Crippen LogP contribution in [0.1, 0.15) is 0 Å². The van der Waals surface area contributed by atoms with Gasteiger partial charge in [-0.1, -0.05) is 0 Å². The predicted molar refractivity (Wildman–Crippen MR) is 73.9 cm³/mol. The first-order valence-electron chi connectivity index (χ1n) is 4.88. The summed E-state index contributed by atoms with van der Waals surface area (Å²) in [5.74, 6) is 1.46. The Kier molecular flexibility index (Phi) is 3.04. The van der Waals surface area contributed by atoms with E-state index in [1.165, 1.54) is 0 Å². The second-order valence-corrected chi connectivity index (χ2v) is 9.38. The van der Waals surface area contributed by atoms with Crippen molar-refractivity contribution >= 4 is 55.6 Å². The van der Waals surface area contributed by atoms with Crippen LogP contribution < -0.4 is 13.4 Å². The summed E-state index contributed by atoms with van der Waals surface area (Å²) in [6.07, 6.45) is 0. The van der Waals surface area contributed by atoms with Gasteiger partial charge in [0.15, 0.2) is 0 Å². The first-order valence-corrected chi connectivity index (χ1v) is 9.98. The molecular weight excluding hydrogens is 341 g/mol. The topological polar surface area (TPSA) is 9.23 Å². The Bertz CT molecular complexity index is 598. The van der Waals surface area contributed by atoms with E-state index in [4.69, 9.17) is 37.9 Å². The second kappa shape index (κ2) is 4.40. The van der Waals surface area contributed by atoms with E-state index in [2.05, 4.69) is 0 Å². The van der Waals surface area contributed by atoms with Gasteiger partial charge in [0.2, 0.25) is 0 Å². The number of benzene rings is 2. The number of rotatable bonds is 0. The average molecular weight is 347 g/mol. The quantitative estimate of drug-likeness (QED) is 0.664. The number of ether oxygens (including phenoxy) is 1. The molecule has 0 fully saturated rings. The zero-order valence-corrected chi connectivity index (χ0v) is 12.6. The summed E-state index contributed by atoms with van der Waals surface area (Å²) in [6, 6.07) is 11.2. The molecule has 0 N–H and O–H groups in total. The van der Waals surface area contributed by atoms with Crippen molar-refractivity contribution in [3.63, 3.8) is 0 Å². The van der Waals surface area contributed by atoms with Crippen molar-refractivity contribution in [2.45, 2.75) is 0 Å². The summed E-state index contributed by atoms with van der Waals surface area (Å²) in [4.78, 5) is 0. The van der Waals surface area contributed by atoms with Crippen molar-refractivity contribution in [2.75, 3.05) is 0 Å². The molecule has 1 nitrogen and oxygen atoms in total. The van der Waals surface area contributed by atoms with E-state index in [0.29, 0.717) is 15.8 Å². The van der Waals surface area contributed by atoms with Gasteiger partial charge in [-0.15, -0.1) is 0 Å². The Hall–Kier alpha value is -0.332. The molecule has 0 bridgehead atoms. The molecule has 3 rings (SSSR count). The van der Waals surface area contributed by atoms with Crippen LogP contribution in [0.5, 0.6) is 11.5 Å². The zero-order valence-electron chi connectivity index (χ0n) is 8.45. The van der Waals surface area contributed by atoms with Crippen molar-refractivity contribution in [3.05, 3.63) is 46.4 Å². The minimum atomic E-state index is -1.84. The van der Waals surface area contributed by atoms with Crippen molar-refractivity contribution in [2.24, 2.45) is 0 Å². The molecule has 2 aromatic carbocycles. The number of fused-ring (bicyclic) bond motifs is 2. The van der Waals surface area contributed by atoms with Crippen LogP contribution in [-0.4, -0.2) is 13.7 Å². The number of hydrogen-bond donors (Lipinski definition) is 0. The second-order valence-electron chi connectivity index (χ2n) is 3.58. The third-order valence-corrected chi connectivity index (χ3v) is 8.17. The molecule has 0 aromatic heterocycles. The van der Waals surface area contributed by atoms with Gasteiger partial charge in [-0.25, -0.2) is 0 Å². The monoisotopic (exact) mass is 346 g/mol. The standard InChI is InChI=1S/C12H6AsCl3O/c14-7-4-5-11-9(6-7)13(16)8-2-1-3-10(15)12(8)17-11/h1-6H. The molecule has 1 aliphatic rings. The van der Waals surface area contributed by atoms with Gasteiger partial charge >= 0.3 is 118 Å². The summed E-state index contributed by atoms with van der Waals surface area (Å²) in [5.41, 5.74) is 0. The van der Waals surface area contributed by atoms with Crippen molar-refractivity contribution < 1.29 is 4.74 Å². The van der Waals surface area contributed by atoms with E-state index >= 15 is 0 Å². The summed E-state index contributed by atoms with van der Waals surface area (Å²) >= 11 is 10.3. The van der Waals surface area contributed by atoms with Crippen LogP contribution in [0.15, 0.2) is 36.4 Å². The predicted octanol–water partition coefficient (Wildman–Crippen LogP) is 3.44. The van der Waals surface area contributed by atoms with Gasteiger partial charge in [-0.05, 0) is 0 Å². The van der Waals surface area contributed by atoms with Crippen molar-refractivity contribution in [1.82, 2.24) is 0 Å². The molecule has 0 radical (unpaired) electrons. The molecule has 86 valence electrons. The fourth-order valence-electron chi connectivity index (χ4n) is 1.72. The minimum absolute atomic E-state index is 0.600. The van der Waals surface area contributed by atoms with Gasteiger partial charge in [-0.2, -0.15) is 0 Å². The van der Waals surface area contributed by atoms with E-state index in [1.807, 2.05) is 24.3 Å². The van der Waals surface area contributed by atoms with E-state index in [1.54, 1.807) is 12.1 Å². The molecule has 2 aromatic rings. The summed E-state index contributed by atoms with van der Waals surface area (Å²) in [6.45, 7) is 0. The van der Waals surface area contributed by atoms with Crippen LogP contribution in [0.4, 0.5) is 0 Å². The fourth-order valence-corrected chi connectivity index (χ4v) is 6.71. The Morgan fingerprint density at radius 2 is 1.82 bits per heavy atom. The maximum absolute atomic E-state index is 6.57. The Morgan fingerprint density at radius 3 is 2.65 bits per heavy atom. The molecule has 1 atom stereocenters. The first-order chi connectivity index (χ1) is 8.16. The third kappa shape index (κ3) is 1.96. The zero-order chi connectivity index (χ0) is 12.0. The van der Waals surface area contributed by atoms with Crippen LogP contribution in [0.3, 0.4) is 0 Å². The van der Waals surface area contributed by atoms with Gasteiger partial charge in [0.1, 0.15) is 0 Å². The van der Waals surface area contributed by atoms with Gasteiger partial charge in [0.05, 0.1) is 0 Å². The molecule has 17 heavy (non-hydrogen) atoms. The molecule has 0 saturated heterocycles. The molecule has 1 unspecified atom stereocenters. The molecule has 0 spiro atoms. The van der Waals surface area contributed by atoms with Crippen LogP contribution >= 0.6 is 33.2 Å². The van der Waals surface area contributed by atoms with E-state index in [-0.39, 0.29) is 0 Å². The third-order valence-electron chi connectivity index (χ3n) is 2.50. The first kappa shape index (κ1) is 11.7. The molecule has 0 amide bonds. The molecule has 0 aliphatic carbocycles. The average Bonchev–Trinajstić information content (AvgIpc) is 2.32. The Labute approximate surface area is 118 Å². The number of halogens is 3. The Balaban J connectivity index is 2.21. The van der Waals surface area contributed by atoms with Crippen LogP contribution in [0.25, 0.3) is 0 Å². The molecule has 1 aliphatic heterocycles. The molecular formula is C12H6AsCl3O. The van der Waals surface area contributed by atoms with E-state index < -0.39 is 13.7 Å². The summed E-state index contributed by atoms with van der Waals surface area (Å²) in [7, 11) is 6.57. The molecule has 1 heterocycles. The van der Waals surface area contributed by atoms with Gasteiger partial charge in [0.25, 0.3) is 0 Å². The molecule has 5 heteroatoms. The summed E-state index contributed by atoms with van der Waals surface area (Å²) < 4.78 is 7.83. The van der Waals surface area contributed by atoms with Gasteiger partial charge in [0, 0.05) is 0 Å². The van der Waals surface area contributed by atoms with Gasteiger partial charge < -0.3 is 0 Å². The molecule has 0 saturated carbocycles. The van der Waals surface area contributed by atoms with Crippen molar-refractivity contribution in [1.29, 1.82) is 0 Å². The number of para-hydroxylation sites is 1. The fraction of sp³-hybridized carbons (Fsp3) is 0. The normalized spacial score (nSPS) is 17.0. The SMILES string of the molecule is Clc1ccc2c(c1)[As](Cl)c1cccc(Cl)c1O2. The van der Waals surface area contributed by atoms with Crippen molar-refractivity contribution in [3.8, 4) is 11.5 Å². The van der Waals surface area contributed by atoms with Crippen LogP contribution in [-0.2, 0) is 0 Å². The number of hydrogen-bond acceptors (Lipinski definition) is 1. The van der Waals surface area contributed by atoms with E-state index in [9.17, 15) is 0 Å². The van der Waals surface area contributed by atoms with E-state index in [0.717, 1.165) is 14.5 Å². The van der Waals surface area contributed by atoms with Crippen LogP contribution in [0.2, 0.25) is 10.0 Å². The maximum atomic E-state index is 6.57. The van der Waals surface area contributed by atoms with Crippen LogP contribution in [0, 0.1) is 0 Å². The summed E-state index contributed by atoms with van der Waals surface area (Å²) in [5, 5.41) is 1.28. The van der Waals surface area contributed by atoms with Gasteiger partial charge in [-0.3, -0.25) is 0 Å². The Morgan fingerprint density at radius 1 is 1.00 bits per heavy atom.